The molecule has 0 aromatic heterocycles. The third-order valence-electron chi connectivity index (χ3n) is 5.42. The number of fused-ring (bicyclic) bond motifs is 2. The molecule has 2 aromatic rings. The van der Waals surface area contributed by atoms with Gasteiger partial charge in [0.2, 0.25) is 5.79 Å². The molecular weight excluding hydrogens is 400 g/mol. The van der Waals surface area contributed by atoms with E-state index in [2.05, 4.69) is 0 Å². The zero-order valence-corrected chi connectivity index (χ0v) is 16.4. The van der Waals surface area contributed by atoms with Crippen LogP contribution in [0.4, 0.5) is 0 Å². The average molecular weight is 421 g/mol. The number of methoxy groups -OCH3 is 1. The number of ketones is 1. The van der Waals surface area contributed by atoms with Crippen molar-refractivity contribution in [3.63, 3.8) is 0 Å². The molecule has 8 heteroatoms. The quantitative estimate of drug-likeness (QED) is 0.684. The van der Waals surface area contributed by atoms with Gasteiger partial charge in [0.05, 0.1) is 20.3 Å². The molecule has 1 saturated heterocycles. The molecule has 0 aliphatic carbocycles. The monoisotopic (exact) mass is 420 g/mol. The Hall–Kier alpha value is -2.00. The van der Waals surface area contributed by atoms with Crippen molar-refractivity contribution in [1.29, 1.82) is 0 Å². The van der Waals surface area contributed by atoms with Crippen molar-refractivity contribution < 1.29 is 34.3 Å². The highest BCUT2D eigenvalue weighted by Gasteiger charge is 2.58. The first-order chi connectivity index (χ1) is 13.9. The summed E-state index contributed by atoms with van der Waals surface area (Å²) in [5.74, 6) is -1.78. The van der Waals surface area contributed by atoms with Crippen molar-refractivity contribution in [2.75, 3.05) is 13.7 Å². The van der Waals surface area contributed by atoms with Crippen LogP contribution in [0.3, 0.4) is 0 Å². The van der Waals surface area contributed by atoms with Crippen LogP contribution in [0, 0.1) is 0 Å². The van der Waals surface area contributed by atoms with E-state index in [1.165, 1.54) is 0 Å². The zero-order valence-electron chi connectivity index (χ0n) is 15.7. The lowest BCUT2D eigenvalue weighted by Gasteiger charge is -2.42. The predicted octanol–water partition coefficient (Wildman–Crippen LogP) is 1.30. The molecule has 1 unspecified atom stereocenters. The molecule has 2 aromatic carbocycles. The molecule has 4 rings (SSSR count). The fourth-order valence-electron chi connectivity index (χ4n) is 3.83. The van der Waals surface area contributed by atoms with E-state index in [1.807, 2.05) is 24.3 Å². The first kappa shape index (κ1) is 20.3. The van der Waals surface area contributed by atoms with Gasteiger partial charge in [-0.25, -0.2) is 0 Å². The Bertz CT molecular complexity index is 925. The van der Waals surface area contributed by atoms with E-state index in [1.54, 1.807) is 19.2 Å². The van der Waals surface area contributed by atoms with E-state index < -0.39 is 36.5 Å². The number of benzene rings is 2. The second kappa shape index (κ2) is 7.68. The molecule has 1 fully saturated rings. The van der Waals surface area contributed by atoms with Gasteiger partial charge in [-0.1, -0.05) is 23.7 Å². The van der Waals surface area contributed by atoms with E-state index >= 15 is 0 Å². The fourth-order valence-corrected chi connectivity index (χ4v) is 4.08. The normalized spacial score (nSPS) is 28.6. The van der Waals surface area contributed by atoms with Gasteiger partial charge in [0.25, 0.3) is 0 Å². The Morgan fingerprint density at radius 3 is 2.62 bits per heavy atom. The van der Waals surface area contributed by atoms with E-state index in [-0.39, 0.29) is 6.61 Å². The van der Waals surface area contributed by atoms with Crippen LogP contribution >= 0.6 is 11.6 Å². The molecule has 2 aliphatic rings. The smallest absolute Gasteiger partial charge is 0.226 e. The number of carbonyl (C=O) groups excluding carboxylic acids is 1. The summed E-state index contributed by atoms with van der Waals surface area (Å²) in [7, 11) is 1.60. The van der Waals surface area contributed by atoms with Crippen LogP contribution in [0.25, 0.3) is 0 Å². The predicted molar refractivity (Wildman–Crippen MR) is 103 cm³/mol. The van der Waals surface area contributed by atoms with Gasteiger partial charge < -0.3 is 29.5 Å². The van der Waals surface area contributed by atoms with Crippen LogP contribution < -0.4 is 4.74 Å². The summed E-state index contributed by atoms with van der Waals surface area (Å²) in [5.41, 5.74) is 2.94. The topological polar surface area (TPSA) is 105 Å². The molecule has 4 atom stereocenters. The molecule has 2 heterocycles. The second-order valence-corrected chi connectivity index (χ2v) is 7.57. The van der Waals surface area contributed by atoms with Crippen molar-refractivity contribution in [3.8, 4) is 5.75 Å². The van der Waals surface area contributed by atoms with Gasteiger partial charge in [0, 0.05) is 10.6 Å². The van der Waals surface area contributed by atoms with Crippen LogP contribution in [-0.2, 0) is 33.1 Å². The van der Waals surface area contributed by atoms with Gasteiger partial charge in [0.1, 0.15) is 24.1 Å². The summed E-state index contributed by atoms with van der Waals surface area (Å²) in [6.07, 6.45) is -4.14. The van der Waals surface area contributed by atoms with Gasteiger partial charge >= 0.3 is 0 Å². The highest BCUT2D eigenvalue weighted by atomic mass is 35.5. The van der Waals surface area contributed by atoms with Crippen LogP contribution in [0.5, 0.6) is 5.75 Å². The molecule has 0 radical (unpaired) electrons. The van der Waals surface area contributed by atoms with Gasteiger partial charge in [-0.15, -0.1) is 0 Å². The number of rotatable bonds is 4. The van der Waals surface area contributed by atoms with Gasteiger partial charge in [0.15, 0.2) is 5.78 Å². The third-order valence-corrected chi connectivity index (χ3v) is 5.78. The summed E-state index contributed by atoms with van der Waals surface area (Å²) in [4.78, 5) is 12.1. The molecule has 154 valence electrons. The van der Waals surface area contributed by atoms with Crippen molar-refractivity contribution in [2.45, 2.75) is 37.1 Å². The van der Waals surface area contributed by atoms with Gasteiger partial charge in [-0.05, 0) is 47.4 Å². The molecule has 1 spiro atoms. The second-order valence-electron chi connectivity index (χ2n) is 7.16. The van der Waals surface area contributed by atoms with Crippen LogP contribution in [-0.4, -0.2) is 53.1 Å². The maximum absolute atomic E-state index is 12.1. The molecule has 7 nitrogen and oxygen atoms in total. The molecule has 29 heavy (non-hydrogen) atoms. The van der Waals surface area contributed by atoms with Gasteiger partial charge in [-0.3, -0.25) is 4.79 Å². The minimum atomic E-state index is -1.74. The minimum absolute atomic E-state index is 0.0913. The first-order valence-corrected chi connectivity index (χ1v) is 9.54. The summed E-state index contributed by atoms with van der Waals surface area (Å²) < 4.78 is 16.6. The number of ether oxygens (including phenoxy) is 3. The standard InChI is InChI=1S/C21H21ClO7/c1-27-14-4-2-11(3-5-14)6-12-7-15-13(8-16(12)22)10-28-21(15)20(26)19(25)18(24)17(9-23)29-21/h2-5,7-8,17,19-20,23,25-26H,6,9-10H2,1H3/t17-,19+,20?,21+/m1/s1. The first-order valence-electron chi connectivity index (χ1n) is 9.17. The molecule has 0 saturated carbocycles. The van der Waals surface area contributed by atoms with Crippen molar-refractivity contribution >= 4 is 17.4 Å². The number of hydrogen-bond donors (Lipinski definition) is 3. The van der Waals surface area contributed by atoms with Crippen LogP contribution in [0.2, 0.25) is 5.02 Å². The van der Waals surface area contributed by atoms with E-state index in [0.717, 1.165) is 16.9 Å². The van der Waals surface area contributed by atoms with E-state index in [0.29, 0.717) is 22.6 Å². The van der Waals surface area contributed by atoms with Crippen molar-refractivity contribution in [1.82, 2.24) is 0 Å². The lowest BCUT2D eigenvalue weighted by Crippen LogP contribution is -2.61. The van der Waals surface area contributed by atoms with Gasteiger partial charge in [-0.2, -0.15) is 0 Å². The molecule has 2 aliphatic heterocycles. The molecule has 3 N–H and O–H groups in total. The SMILES string of the molecule is COc1ccc(Cc2cc3c(cc2Cl)CO[C@]32O[C@H](CO)C(=O)[C@H](O)C2O)cc1. The Labute approximate surface area is 172 Å². The van der Waals surface area contributed by atoms with E-state index in [9.17, 15) is 20.1 Å². The maximum atomic E-state index is 12.1. The Kier molecular flexibility index (Phi) is 5.37. The minimum Gasteiger partial charge on any atom is -0.497 e. The Morgan fingerprint density at radius 1 is 1.24 bits per heavy atom. The van der Waals surface area contributed by atoms with Crippen molar-refractivity contribution in [3.05, 3.63) is 63.7 Å². The highest BCUT2D eigenvalue weighted by Crippen LogP contribution is 2.46. The largest absolute Gasteiger partial charge is 0.497 e. The lowest BCUT2D eigenvalue weighted by atomic mass is 9.87. The maximum Gasteiger partial charge on any atom is 0.226 e. The summed E-state index contributed by atoms with van der Waals surface area (Å²) in [5, 5.41) is 30.8. The number of aliphatic hydroxyl groups excluding tert-OH is 3. The van der Waals surface area contributed by atoms with Crippen molar-refractivity contribution in [2.24, 2.45) is 0 Å². The number of aliphatic hydroxyl groups is 3. The summed E-state index contributed by atoms with van der Waals surface area (Å²) >= 11 is 6.46. The summed E-state index contributed by atoms with van der Waals surface area (Å²) in [6.45, 7) is -0.538. The number of carbonyl (C=O) groups is 1. The van der Waals surface area contributed by atoms with Crippen LogP contribution in [0.1, 0.15) is 22.3 Å². The summed E-state index contributed by atoms with van der Waals surface area (Å²) in [6, 6.07) is 11.0. The Morgan fingerprint density at radius 2 is 1.97 bits per heavy atom. The number of hydrogen-bond acceptors (Lipinski definition) is 7. The van der Waals surface area contributed by atoms with E-state index in [4.69, 9.17) is 25.8 Å². The molecular formula is C21H21ClO7. The Balaban J connectivity index is 1.72. The number of halogens is 1. The molecule has 0 amide bonds. The highest BCUT2D eigenvalue weighted by molar-refractivity contribution is 6.31. The third kappa shape index (κ3) is 3.34. The fraction of sp³-hybridized carbons (Fsp3) is 0.381. The average Bonchev–Trinajstić information content (AvgIpc) is 3.08. The zero-order chi connectivity index (χ0) is 20.8. The van der Waals surface area contributed by atoms with Crippen LogP contribution in [0.15, 0.2) is 36.4 Å². The molecule has 0 bridgehead atoms. The lowest BCUT2D eigenvalue weighted by molar-refractivity contribution is -0.330. The number of Topliss-reactive ketones (excluding diaryl/α,β-unsaturated/α-hetero) is 1.